The average molecular weight is 334 g/mol. The van der Waals surface area contributed by atoms with Gasteiger partial charge in [0.25, 0.3) is 0 Å². The lowest BCUT2D eigenvalue weighted by Crippen LogP contribution is -2.49. The quantitative estimate of drug-likeness (QED) is 0.767. The Kier molecular flexibility index (Phi) is 6.49. The lowest BCUT2D eigenvalue weighted by Gasteiger charge is -2.32. The van der Waals surface area contributed by atoms with E-state index in [-0.39, 0.29) is 17.9 Å². The first-order valence-electron chi connectivity index (χ1n) is 8.74. The highest BCUT2D eigenvalue weighted by Crippen LogP contribution is 2.31. The Morgan fingerprint density at radius 1 is 1.25 bits per heavy atom. The van der Waals surface area contributed by atoms with E-state index in [1.54, 1.807) is 7.11 Å². The van der Waals surface area contributed by atoms with E-state index < -0.39 is 0 Å². The summed E-state index contributed by atoms with van der Waals surface area (Å²) < 4.78 is 11.2. The van der Waals surface area contributed by atoms with Gasteiger partial charge in [0, 0.05) is 5.92 Å². The molecule has 1 aliphatic rings. The lowest BCUT2D eigenvalue weighted by molar-refractivity contribution is -0.127. The summed E-state index contributed by atoms with van der Waals surface area (Å²) in [5.41, 5.74) is 1.01. The van der Waals surface area contributed by atoms with Crippen LogP contribution in [0.3, 0.4) is 0 Å². The van der Waals surface area contributed by atoms with Crippen molar-refractivity contribution < 1.29 is 14.3 Å². The first kappa shape index (κ1) is 18.6. The predicted molar refractivity (Wildman–Crippen MR) is 95.4 cm³/mol. The van der Waals surface area contributed by atoms with Gasteiger partial charge in [-0.3, -0.25) is 4.79 Å². The van der Waals surface area contributed by atoms with Crippen molar-refractivity contribution >= 4 is 5.91 Å². The molecule has 1 aromatic rings. The van der Waals surface area contributed by atoms with Crippen LogP contribution in [-0.4, -0.2) is 32.7 Å². The molecule has 1 fully saturated rings. The normalized spacial score (nSPS) is 17.1. The molecule has 1 heterocycles. The molecule has 134 valence electrons. The summed E-state index contributed by atoms with van der Waals surface area (Å²) >= 11 is 0. The molecule has 0 spiro atoms. The first-order valence-corrected chi connectivity index (χ1v) is 8.74. The van der Waals surface area contributed by atoms with Crippen LogP contribution in [0.5, 0.6) is 11.5 Å². The monoisotopic (exact) mass is 334 g/mol. The smallest absolute Gasteiger partial charge is 0.223 e. The molecule has 0 aliphatic carbocycles. The van der Waals surface area contributed by atoms with Crippen LogP contribution < -0.4 is 20.1 Å². The largest absolute Gasteiger partial charge is 0.493 e. The van der Waals surface area contributed by atoms with Crippen molar-refractivity contribution in [3.63, 3.8) is 0 Å². The van der Waals surface area contributed by atoms with Gasteiger partial charge < -0.3 is 20.1 Å². The third-order valence-corrected chi connectivity index (χ3v) is 4.55. The summed E-state index contributed by atoms with van der Waals surface area (Å²) in [6, 6.07) is 5.77. The number of amides is 1. The molecule has 2 unspecified atom stereocenters. The van der Waals surface area contributed by atoms with E-state index in [1.165, 1.54) is 0 Å². The van der Waals surface area contributed by atoms with Crippen molar-refractivity contribution in [2.75, 3.05) is 26.8 Å². The van der Waals surface area contributed by atoms with E-state index in [2.05, 4.69) is 24.5 Å². The minimum absolute atomic E-state index is 0.0317. The van der Waals surface area contributed by atoms with Crippen LogP contribution in [0.25, 0.3) is 0 Å². The van der Waals surface area contributed by atoms with Gasteiger partial charge in [-0.05, 0) is 49.5 Å². The van der Waals surface area contributed by atoms with Crippen molar-refractivity contribution in [3.05, 3.63) is 23.8 Å². The second kappa shape index (κ2) is 8.38. The zero-order chi connectivity index (χ0) is 17.7. The Morgan fingerprint density at radius 2 is 1.96 bits per heavy atom. The van der Waals surface area contributed by atoms with Crippen LogP contribution >= 0.6 is 0 Å². The highest BCUT2D eigenvalue weighted by Gasteiger charge is 2.29. The number of hydrogen-bond donors (Lipinski definition) is 2. The van der Waals surface area contributed by atoms with Crippen molar-refractivity contribution in [2.24, 2.45) is 17.8 Å². The molecule has 0 saturated carbocycles. The van der Waals surface area contributed by atoms with E-state index in [1.807, 2.05) is 32.0 Å². The van der Waals surface area contributed by atoms with Gasteiger partial charge in [-0.25, -0.2) is 0 Å². The Labute approximate surface area is 145 Å². The van der Waals surface area contributed by atoms with Gasteiger partial charge in [-0.2, -0.15) is 0 Å². The molecule has 2 atom stereocenters. The minimum Gasteiger partial charge on any atom is -0.493 e. The Bertz CT molecular complexity index is 556. The summed E-state index contributed by atoms with van der Waals surface area (Å²) in [7, 11) is 1.64. The SMILES string of the molecule is COc1cc(C(C)NC(=O)C(C)C2CNC2)ccc1OCC(C)C. The first-order chi connectivity index (χ1) is 11.4. The summed E-state index contributed by atoms with van der Waals surface area (Å²) in [6.45, 7) is 10.7. The molecule has 1 aliphatic heterocycles. The van der Waals surface area contributed by atoms with Gasteiger partial charge in [-0.1, -0.05) is 26.8 Å². The summed E-state index contributed by atoms with van der Waals surface area (Å²) in [5.74, 6) is 2.47. The van der Waals surface area contributed by atoms with Crippen molar-refractivity contribution in [2.45, 2.75) is 33.7 Å². The molecule has 5 nitrogen and oxygen atoms in total. The molecule has 24 heavy (non-hydrogen) atoms. The molecule has 0 aromatic heterocycles. The van der Waals surface area contributed by atoms with Gasteiger partial charge >= 0.3 is 0 Å². The van der Waals surface area contributed by atoms with E-state index in [4.69, 9.17) is 9.47 Å². The van der Waals surface area contributed by atoms with Gasteiger partial charge in [0.05, 0.1) is 19.8 Å². The third kappa shape index (κ3) is 4.63. The molecule has 1 amide bonds. The third-order valence-electron chi connectivity index (χ3n) is 4.55. The second-order valence-corrected chi connectivity index (χ2v) is 7.05. The van der Waals surface area contributed by atoms with Crippen molar-refractivity contribution in [1.29, 1.82) is 0 Å². The summed E-state index contributed by atoms with van der Waals surface area (Å²) in [4.78, 5) is 12.4. The van der Waals surface area contributed by atoms with Crippen LogP contribution in [0.2, 0.25) is 0 Å². The maximum atomic E-state index is 12.4. The number of hydrogen-bond acceptors (Lipinski definition) is 4. The Hall–Kier alpha value is -1.75. The molecule has 1 saturated heterocycles. The summed E-state index contributed by atoms with van der Waals surface area (Å²) in [6.07, 6.45) is 0. The van der Waals surface area contributed by atoms with Crippen LogP contribution in [0.15, 0.2) is 18.2 Å². The maximum Gasteiger partial charge on any atom is 0.223 e. The number of carbonyl (C=O) groups is 1. The number of rotatable bonds is 8. The minimum atomic E-state index is -0.0685. The Morgan fingerprint density at radius 3 is 2.50 bits per heavy atom. The molecular formula is C19H30N2O3. The van der Waals surface area contributed by atoms with Crippen LogP contribution in [-0.2, 0) is 4.79 Å². The zero-order valence-corrected chi connectivity index (χ0v) is 15.4. The fourth-order valence-corrected chi connectivity index (χ4v) is 2.64. The fourth-order valence-electron chi connectivity index (χ4n) is 2.64. The van der Waals surface area contributed by atoms with Crippen LogP contribution in [0.1, 0.15) is 39.3 Å². The molecule has 2 N–H and O–H groups in total. The summed E-state index contributed by atoms with van der Waals surface area (Å²) in [5, 5.41) is 6.32. The molecular weight excluding hydrogens is 304 g/mol. The van der Waals surface area contributed by atoms with Crippen LogP contribution in [0, 0.1) is 17.8 Å². The topological polar surface area (TPSA) is 59.6 Å². The van der Waals surface area contributed by atoms with Gasteiger partial charge in [0.2, 0.25) is 5.91 Å². The Balaban J connectivity index is 2.00. The molecule has 0 radical (unpaired) electrons. The van der Waals surface area contributed by atoms with Crippen molar-refractivity contribution in [1.82, 2.24) is 10.6 Å². The molecule has 0 bridgehead atoms. The van der Waals surface area contributed by atoms with E-state index in [0.717, 1.165) is 24.4 Å². The average Bonchev–Trinajstić information content (AvgIpc) is 2.50. The fraction of sp³-hybridized carbons (Fsp3) is 0.632. The number of benzene rings is 1. The highest BCUT2D eigenvalue weighted by molar-refractivity contribution is 5.79. The number of nitrogens with one attached hydrogen (secondary N) is 2. The van der Waals surface area contributed by atoms with E-state index in [0.29, 0.717) is 24.2 Å². The standard InChI is InChI=1S/C19H30N2O3/c1-12(2)11-24-17-7-6-15(8-18(17)23-5)14(4)21-19(22)13(3)16-9-20-10-16/h6-8,12-14,16,20H,9-11H2,1-5H3,(H,21,22). The predicted octanol–water partition coefficient (Wildman–Crippen LogP) is 2.76. The van der Waals surface area contributed by atoms with Crippen molar-refractivity contribution in [3.8, 4) is 11.5 Å². The lowest BCUT2D eigenvalue weighted by atomic mass is 9.88. The number of ether oxygens (including phenoxy) is 2. The highest BCUT2D eigenvalue weighted by atomic mass is 16.5. The maximum absolute atomic E-state index is 12.4. The van der Waals surface area contributed by atoms with E-state index in [9.17, 15) is 4.79 Å². The van der Waals surface area contributed by atoms with Gasteiger partial charge in [-0.15, -0.1) is 0 Å². The zero-order valence-electron chi connectivity index (χ0n) is 15.4. The number of carbonyl (C=O) groups excluding carboxylic acids is 1. The molecule has 1 aromatic carbocycles. The number of methoxy groups -OCH3 is 1. The molecule has 2 rings (SSSR count). The van der Waals surface area contributed by atoms with Gasteiger partial charge in [0.15, 0.2) is 11.5 Å². The van der Waals surface area contributed by atoms with E-state index >= 15 is 0 Å². The van der Waals surface area contributed by atoms with Crippen LogP contribution in [0.4, 0.5) is 0 Å². The molecule has 5 heteroatoms. The second-order valence-electron chi connectivity index (χ2n) is 7.05. The van der Waals surface area contributed by atoms with Gasteiger partial charge in [0.1, 0.15) is 0 Å².